The zero-order valence-corrected chi connectivity index (χ0v) is 21.9. The summed E-state index contributed by atoms with van der Waals surface area (Å²) in [6.07, 6.45) is 0. The van der Waals surface area contributed by atoms with Gasteiger partial charge in [-0.25, -0.2) is 0 Å². The summed E-state index contributed by atoms with van der Waals surface area (Å²) >= 11 is 0. The molecule has 0 spiro atoms. The first-order valence-electron chi connectivity index (χ1n) is 13.0. The van der Waals surface area contributed by atoms with Crippen molar-refractivity contribution in [3.05, 3.63) is 95.2 Å². The molecule has 7 heteroatoms. The Morgan fingerprint density at radius 2 is 1.76 bits per heavy atom. The fourth-order valence-electron chi connectivity index (χ4n) is 6.15. The molecule has 7 nitrogen and oxygen atoms in total. The number of fused-ring (bicyclic) bond motifs is 5. The van der Waals surface area contributed by atoms with Crippen LogP contribution in [0.3, 0.4) is 0 Å². The minimum absolute atomic E-state index is 0.0437. The Morgan fingerprint density at radius 1 is 1.00 bits per heavy atom. The van der Waals surface area contributed by atoms with E-state index in [0.29, 0.717) is 31.2 Å². The molecule has 2 aliphatic heterocycles. The predicted octanol–water partition coefficient (Wildman–Crippen LogP) is 4.81. The number of nitrogens with one attached hydrogen (secondary N) is 1. The van der Waals surface area contributed by atoms with Gasteiger partial charge in [-0.05, 0) is 37.1 Å². The maximum absolute atomic E-state index is 14.3. The number of hydrogen-bond donors (Lipinski definition) is 1. The van der Waals surface area contributed by atoms with E-state index in [9.17, 15) is 9.59 Å². The number of ether oxygens (including phenoxy) is 2. The third-order valence-corrected chi connectivity index (χ3v) is 7.93. The van der Waals surface area contributed by atoms with Gasteiger partial charge in [-0.1, -0.05) is 60.7 Å². The summed E-state index contributed by atoms with van der Waals surface area (Å²) in [6.45, 7) is 5.10. The molecule has 0 radical (unpaired) electrons. The second kappa shape index (κ2) is 9.24. The summed E-state index contributed by atoms with van der Waals surface area (Å²) in [5.74, 6) is 0.961. The topological polar surface area (TPSA) is 74.9 Å². The molecule has 1 fully saturated rings. The normalized spacial score (nSPS) is 20.9. The van der Waals surface area contributed by atoms with Crippen LogP contribution < -0.4 is 9.47 Å². The van der Waals surface area contributed by atoms with Crippen LogP contribution in [0.2, 0.25) is 0 Å². The first-order chi connectivity index (χ1) is 18.5. The quantitative estimate of drug-likeness (QED) is 0.405. The number of aromatic nitrogens is 1. The Hall–Kier alpha value is -4.26. The van der Waals surface area contributed by atoms with Crippen LogP contribution in [0.5, 0.6) is 11.5 Å². The van der Waals surface area contributed by atoms with Gasteiger partial charge in [0.05, 0.1) is 19.4 Å². The van der Waals surface area contributed by atoms with Crippen molar-refractivity contribution in [3.8, 4) is 11.5 Å². The molecule has 0 bridgehead atoms. The highest BCUT2D eigenvalue weighted by atomic mass is 16.5. The number of methoxy groups -OCH3 is 1. The third kappa shape index (κ3) is 3.56. The SMILES string of the molecule is CCOc1c(OC)cccc1[C@H]1CN2C(=O)CN(Cc3ccccc3)C(=O)[C@]2(C)c2[nH]c3ccccc3c21. The Bertz CT molecular complexity index is 1530. The van der Waals surface area contributed by atoms with Crippen LogP contribution in [0.15, 0.2) is 72.8 Å². The van der Waals surface area contributed by atoms with E-state index in [1.165, 1.54) is 0 Å². The zero-order chi connectivity index (χ0) is 26.4. The number of carbonyl (C=O) groups is 2. The van der Waals surface area contributed by atoms with E-state index in [1.807, 2.05) is 80.6 Å². The van der Waals surface area contributed by atoms with E-state index in [1.54, 1.807) is 16.9 Å². The van der Waals surface area contributed by atoms with Gasteiger partial charge in [-0.3, -0.25) is 9.59 Å². The van der Waals surface area contributed by atoms with Crippen LogP contribution in [0.4, 0.5) is 0 Å². The van der Waals surface area contributed by atoms with Gasteiger partial charge >= 0.3 is 0 Å². The van der Waals surface area contributed by atoms with Crippen molar-refractivity contribution in [2.24, 2.45) is 0 Å². The average molecular weight is 510 g/mol. The second-order valence-electron chi connectivity index (χ2n) is 10.0. The molecule has 6 rings (SSSR count). The number of nitrogens with zero attached hydrogens (tertiary/aromatic N) is 2. The summed E-state index contributed by atoms with van der Waals surface area (Å²) in [5.41, 5.74) is 3.50. The van der Waals surface area contributed by atoms with Gasteiger partial charge in [-0.2, -0.15) is 0 Å². The van der Waals surface area contributed by atoms with Crippen molar-refractivity contribution in [1.82, 2.24) is 14.8 Å². The highest BCUT2D eigenvalue weighted by molar-refractivity contribution is 6.01. The minimum atomic E-state index is -1.15. The standard InChI is InChI=1S/C31H31N3O4/c1-4-38-28-21(14-10-16-25(28)37-3)23-18-34-26(35)19-33(17-20-11-6-5-7-12-20)30(36)31(34,2)29-27(23)22-13-8-9-15-24(22)32-29/h5-16,23,32H,4,17-19H2,1-3H3/t23-,31+/m1/s1. The summed E-state index contributed by atoms with van der Waals surface area (Å²) in [5, 5.41) is 1.04. The molecule has 3 heterocycles. The minimum Gasteiger partial charge on any atom is -0.493 e. The average Bonchev–Trinajstić information content (AvgIpc) is 3.34. The summed E-state index contributed by atoms with van der Waals surface area (Å²) < 4.78 is 11.7. The Morgan fingerprint density at radius 3 is 2.53 bits per heavy atom. The van der Waals surface area contributed by atoms with Gasteiger partial charge in [0.15, 0.2) is 17.0 Å². The summed E-state index contributed by atoms with van der Waals surface area (Å²) in [4.78, 5) is 35.0. The Labute approximate surface area is 222 Å². The highest BCUT2D eigenvalue weighted by Gasteiger charge is 2.56. The number of H-pyrrole nitrogens is 1. The van der Waals surface area contributed by atoms with Gasteiger partial charge in [0, 0.05) is 35.5 Å². The molecular formula is C31H31N3O4. The molecular weight excluding hydrogens is 478 g/mol. The molecule has 194 valence electrons. The number of carbonyl (C=O) groups excluding carboxylic acids is 2. The summed E-state index contributed by atoms with van der Waals surface area (Å²) in [7, 11) is 1.63. The Kier molecular flexibility index (Phi) is 5.86. The third-order valence-electron chi connectivity index (χ3n) is 7.93. The van der Waals surface area contributed by atoms with Crippen LogP contribution in [0.25, 0.3) is 10.9 Å². The van der Waals surface area contributed by atoms with Crippen molar-refractivity contribution in [2.45, 2.75) is 31.8 Å². The lowest BCUT2D eigenvalue weighted by atomic mass is 9.76. The van der Waals surface area contributed by atoms with Crippen LogP contribution in [-0.2, 0) is 21.7 Å². The van der Waals surface area contributed by atoms with Crippen LogP contribution in [0, 0.1) is 0 Å². The molecule has 2 atom stereocenters. The van der Waals surface area contributed by atoms with Gasteiger partial charge in [-0.15, -0.1) is 0 Å². The van der Waals surface area contributed by atoms with Gasteiger partial charge < -0.3 is 24.3 Å². The number of para-hydroxylation sites is 2. The van der Waals surface area contributed by atoms with Crippen LogP contribution in [-0.4, -0.2) is 53.4 Å². The molecule has 3 aromatic carbocycles. The maximum Gasteiger partial charge on any atom is 0.255 e. The van der Waals surface area contributed by atoms with E-state index in [4.69, 9.17) is 9.47 Å². The molecule has 1 aromatic heterocycles. The molecule has 0 aliphatic carbocycles. The predicted molar refractivity (Wildman–Crippen MR) is 145 cm³/mol. The maximum atomic E-state index is 14.3. The molecule has 2 aliphatic rings. The van der Waals surface area contributed by atoms with Crippen LogP contribution >= 0.6 is 0 Å². The van der Waals surface area contributed by atoms with Crippen molar-refractivity contribution in [1.29, 1.82) is 0 Å². The van der Waals surface area contributed by atoms with Crippen molar-refractivity contribution in [3.63, 3.8) is 0 Å². The largest absolute Gasteiger partial charge is 0.493 e. The van der Waals surface area contributed by atoms with Crippen molar-refractivity contribution >= 4 is 22.7 Å². The fraction of sp³-hybridized carbons (Fsp3) is 0.290. The fourth-order valence-corrected chi connectivity index (χ4v) is 6.15. The summed E-state index contributed by atoms with van der Waals surface area (Å²) in [6, 6.07) is 23.8. The molecule has 4 aromatic rings. The van der Waals surface area contributed by atoms with Crippen molar-refractivity contribution in [2.75, 3.05) is 26.8 Å². The molecule has 1 N–H and O–H groups in total. The monoisotopic (exact) mass is 509 g/mol. The lowest BCUT2D eigenvalue weighted by molar-refractivity contribution is -0.166. The zero-order valence-electron chi connectivity index (χ0n) is 21.9. The first kappa shape index (κ1) is 24.1. The Balaban J connectivity index is 1.54. The van der Waals surface area contributed by atoms with Crippen LogP contribution in [0.1, 0.15) is 42.1 Å². The molecule has 2 amide bonds. The lowest BCUT2D eigenvalue weighted by Crippen LogP contribution is -2.67. The van der Waals surface area contributed by atoms with Gasteiger partial charge in [0.1, 0.15) is 6.54 Å². The van der Waals surface area contributed by atoms with E-state index >= 15 is 0 Å². The second-order valence-corrected chi connectivity index (χ2v) is 10.0. The van der Waals surface area contributed by atoms with E-state index in [-0.39, 0.29) is 24.3 Å². The smallest absolute Gasteiger partial charge is 0.255 e. The van der Waals surface area contributed by atoms with E-state index in [2.05, 4.69) is 11.1 Å². The lowest BCUT2D eigenvalue weighted by Gasteiger charge is -2.51. The molecule has 0 saturated carbocycles. The molecule has 1 saturated heterocycles. The number of hydrogen-bond acceptors (Lipinski definition) is 4. The van der Waals surface area contributed by atoms with E-state index < -0.39 is 5.54 Å². The molecule has 0 unspecified atom stereocenters. The first-order valence-corrected chi connectivity index (χ1v) is 13.0. The highest BCUT2D eigenvalue weighted by Crippen LogP contribution is 2.50. The van der Waals surface area contributed by atoms with Crippen molar-refractivity contribution < 1.29 is 19.1 Å². The number of amides is 2. The number of benzene rings is 3. The number of rotatable bonds is 6. The van der Waals surface area contributed by atoms with E-state index in [0.717, 1.165) is 33.3 Å². The number of piperazine rings is 1. The molecule has 38 heavy (non-hydrogen) atoms. The number of aromatic amines is 1. The van der Waals surface area contributed by atoms with Gasteiger partial charge in [0.25, 0.3) is 5.91 Å². The van der Waals surface area contributed by atoms with Gasteiger partial charge in [0.2, 0.25) is 5.91 Å².